The van der Waals surface area contributed by atoms with Crippen LogP contribution in [0, 0.1) is 35.5 Å². The van der Waals surface area contributed by atoms with Crippen molar-refractivity contribution in [1.29, 1.82) is 0 Å². The van der Waals surface area contributed by atoms with Crippen LogP contribution in [0.4, 0.5) is 18.4 Å². The minimum absolute atomic E-state index is 0.0222. The minimum atomic E-state index is -2.69. The number of aliphatic hydroxyl groups excluding tert-OH is 1. The van der Waals surface area contributed by atoms with Crippen molar-refractivity contribution in [2.24, 2.45) is 35.5 Å². The van der Waals surface area contributed by atoms with Crippen molar-refractivity contribution in [3.8, 4) is 0 Å². The highest BCUT2D eigenvalue weighted by atomic mass is 19.1. The molecule has 1 N–H and O–H groups in total. The zero-order valence-corrected chi connectivity index (χ0v) is 68.5. The zero-order valence-electron chi connectivity index (χ0n) is 68.5. The molecular weight excluding hydrogens is 1430 g/mol. The van der Waals surface area contributed by atoms with E-state index in [0.717, 1.165) is 13.8 Å². The molecule has 7 aliphatic rings. The quantitative estimate of drug-likeness (QED) is 0.0545. The summed E-state index contributed by atoms with van der Waals surface area (Å²) in [5, 5.41) is 11.3. The van der Waals surface area contributed by atoms with Crippen molar-refractivity contribution in [1.82, 2.24) is 9.80 Å². The number of aliphatic hydroxyl groups is 1. The van der Waals surface area contributed by atoms with Gasteiger partial charge in [0.1, 0.15) is 29.8 Å². The van der Waals surface area contributed by atoms with Gasteiger partial charge < -0.3 is 95.4 Å². The number of carbonyl (C=O) groups excluding carboxylic acids is 9. The topological polar surface area (TPSA) is 337 Å². The molecule has 0 aliphatic carbocycles. The van der Waals surface area contributed by atoms with Crippen molar-refractivity contribution in [2.75, 3.05) is 48.5 Å². The van der Waals surface area contributed by atoms with Gasteiger partial charge in [-0.15, -0.1) is 13.2 Å². The van der Waals surface area contributed by atoms with Gasteiger partial charge in [-0.3, -0.25) is 33.6 Å². The minimum Gasteiger partial charge on any atom is -0.458 e. The number of fused-ring (bicyclic) bond motifs is 2. The summed E-state index contributed by atoms with van der Waals surface area (Å²) in [4.78, 5) is 125. The molecule has 0 bridgehead atoms. The van der Waals surface area contributed by atoms with E-state index in [1.807, 2.05) is 51.8 Å². The number of carbonyl (C=O) groups is 9. The van der Waals surface area contributed by atoms with Gasteiger partial charge in [-0.25, -0.2) is 18.4 Å². The van der Waals surface area contributed by atoms with Crippen molar-refractivity contribution in [2.45, 2.75) is 333 Å². The second-order valence-electron chi connectivity index (χ2n) is 32.7. The van der Waals surface area contributed by atoms with Crippen LogP contribution in [-0.2, 0) is 114 Å². The van der Waals surface area contributed by atoms with E-state index < -0.39 is 239 Å². The molecule has 0 aromatic carbocycles. The van der Waals surface area contributed by atoms with Gasteiger partial charge in [-0.05, 0) is 137 Å². The normalized spacial score (nSPS) is 44.3. The fourth-order valence-electron chi connectivity index (χ4n) is 17.4. The number of rotatable bonds is 19. The first-order valence-electron chi connectivity index (χ1n) is 37.9. The number of esters is 4. The lowest BCUT2D eigenvalue weighted by Gasteiger charge is -2.50. The Morgan fingerprint density at radius 3 is 1.44 bits per heavy atom. The maximum atomic E-state index is 17.7. The van der Waals surface area contributed by atoms with E-state index in [-0.39, 0.29) is 44.6 Å². The van der Waals surface area contributed by atoms with Gasteiger partial charge in [0, 0.05) is 58.1 Å². The van der Waals surface area contributed by atoms with Crippen molar-refractivity contribution in [3.05, 3.63) is 25.3 Å². The van der Waals surface area contributed by atoms with Crippen LogP contribution >= 0.6 is 0 Å². The van der Waals surface area contributed by atoms with Crippen molar-refractivity contribution in [3.63, 3.8) is 0 Å². The van der Waals surface area contributed by atoms with Gasteiger partial charge in [0.2, 0.25) is 0 Å². The number of ketones is 3. The van der Waals surface area contributed by atoms with Gasteiger partial charge >= 0.3 is 36.2 Å². The third-order valence-electron chi connectivity index (χ3n) is 23.1. The summed E-state index contributed by atoms with van der Waals surface area (Å²) in [6.45, 7) is 37.7. The number of Topliss-reactive ketones (excluding diaryl/α,β-unsaturated/α-hetero) is 3. The maximum absolute atomic E-state index is 17.7. The van der Waals surface area contributed by atoms with Crippen LogP contribution in [0.2, 0.25) is 0 Å². The number of alkyl halides is 2. The van der Waals surface area contributed by atoms with E-state index in [2.05, 4.69) is 13.2 Å². The number of nitrogens with zero attached hydrogens (tertiary/aromatic N) is 2. The Kier molecular flexibility index (Phi) is 31.0. The average molecular weight is 1560 g/mol. The fourth-order valence-corrected chi connectivity index (χ4v) is 17.4. The molecule has 0 aromatic heterocycles. The van der Waals surface area contributed by atoms with E-state index >= 15 is 8.78 Å². The van der Waals surface area contributed by atoms with Crippen LogP contribution in [0.15, 0.2) is 25.3 Å². The summed E-state index contributed by atoms with van der Waals surface area (Å²) >= 11 is 0. The molecular formula is C78H124F2N2O27. The lowest BCUT2D eigenvalue weighted by Crippen LogP contribution is -2.63. The van der Waals surface area contributed by atoms with E-state index in [1.165, 1.54) is 81.6 Å². The molecule has 109 heavy (non-hydrogen) atoms. The standard InChI is InChI=1S/C45H72FNO16.C33H52FNO11/c1-17-19-54-44(12)22-42(10,46)35(50)26(6)37-45(13,63-41(52)62-37)31(18-2)59-39(51)25(5)33(60-32-21-43(11,53-16)38(27(7)56-32)58-29(9)49)24(4)36(44)61-40-34(57-28(8)48)30(47(14)15)20-23(3)55-40;1-12-14-41-32(8)16-31(7,34)25(38)20(6)27-33(9,46-30(40)45-27)22(13-2)43-28(39)19(5)23(36)18(4)26(32)44-29-24(37)21(35(10)11)15-17(3)42-29/h17,23-27,30-34,36-38,40H,1,18-22H2,2-16H3;12,17-22,24,26-27,29,37H,1,13-16H2,2-11H3/t23-,24+,25-,26+,27+,30+,31-,32?,33+,34-,36-,37-,38+,40+,42+,43-,44-,45-;17-,18+,19-,20+,21+,22-,24-,26-,27-,29+,31+,32-,33-/m11/s1. The first-order chi connectivity index (χ1) is 50.4. The summed E-state index contributed by atoms with van der Waals surface area (Å²) in [6.07, 6.45) is -16.2. The molecule has 31 atom stereocenters. The molecule has 0 spiro atoms. The number of methoxy groups -OCH3 is 1. The first kappa shape index (κ1) is 92.2. The highest BCUT2D eigenvalue weighted by Crippen LogP contribution is 2.49. The summed E-state index contributed by atoms with van der Waals surface area (Å²) in [7, 11) is 8.76. The van der Waals surface area contributed by atoms with E-state index in [1.54, 1.807) is 48.5 Å². The summed E-state index contributed by atoms with van der Waals surface area (Å²) in [5.41, 5.74) is -13.3. The molecule has 7 aliphatic heterocycles. The van der Waals surface area contributed by atoms with Crippen LogP contribution in [0.25, 0.3) is 0 Å². The number of halogens is 2. The van der Waals surface area contributed by atoms with Crippen molar-refractivity contribution < 1.29 is 138 Å². The molecule has 31 heteroatoms. The predicted octanol–water partition coefficient (Wildman–Crippen LogP) is 8.97. The van der Waals surface area contributed by atoms with Gasteiger partial charge in [0.05, 0.1) is 84.8 Å². The van der Waals surface area contributed by atoms with Gasteiger partial charge in [-0.1, -0.05) is 53.7 Å². The number of ether oxygens (including phenoxy) is 17. The largest absolute Gasteiger partial charge is 0.509 e. The Labute approximate surface area is 640 Å². The third-order valence-corrected chi connectivity index (χ3v) is 23.1. The number of hydrogen-bond acceptors (Lipinski definition) is 29. The Balaban J connectivity index is 0.000000358. The lowest BCUT2D eigenvalue weighted by atomic mass is 9.72. The van der Waals surface area contributed by atoms with E-state index in [0.29, 0.717) is 12.8 Å². The van der Waals surface area contributed by atoms with E-state index in [9.17, 15) is 48.3 Å². The van der Waals surface area contributed by atoms with Gasteiger partial charge in [-0.2, -0.15) is 0 Å². The highest BCUT2D eigenvalue weighted by Gasteiger charge is 2.65. The second kappa shape index (κ2) is 36.6. The summed E-state index contributed by atoms with van der Waals surface area (Å²) < 4.78 is 138. The number of cyclic esters (lactones) is 2. The molecule has 7 heterocycles. The number of hydrogen-bond donors (Lipinski definition) is 1. The van der Waals surface area contributed by atoms with Gasteiger partial charge in [0.15, 0.2) is 83.2 Å². The molecule has 1 unspecified atom stereocenters. The molecule has 0 saturated carbocycles. The molecule has 7 rings (SSSR count). The monoisotopic (exact) mass is 1560 g/mol. The molecule has 7 fully saturated rings. The Morgan fingerprint density at radius 2 is 1.00 bits per heavy atom. The van der Waals surface area contributed by atoms with Gasteiger partial charge in [0.25, 0.3) is 0 Å². The molecule has 622 valence electrons. The van der Waals surface area contributed by atoms with Crippen LogP contribution in [-0.4, -0.2) is 267 Å². The molecule has 0 amide bonds. The maximum Gasteiger partial charge on any atom is 0.509 e. The van der Waals surface area contributed by atoms with Crippen LogP contribution in [0.5, 0.6) is 0 Å². The Hall–Kier alpha value is -5.71. The third kappa shape index (κ3) is 20.5. The van der Waals surface area contributed by atoms with Crippen LogP contribution in [0.1, 0.15) is 183 Å². The SMILES string of the molecule is C=CCO[C@]1(C)C[C@](C)(F)C(=O)[C@H](C)[C@H]2OC(=O)O[C@]2(C)[C@@H](CC)OC(=O)[C@H](C)C(=O)[C@H](C)[C@H]1O[C@@H]1O[C@H](C)C[C@H](N(C)C)[C@H]1O.C=CCO[C@]1(C)C[C@](C)(F)C(=O)[C@H](C)[C@H]2OC(=O)O[C@]2(C)[C@@H](CC)OC(=O)[C@H](C)[C@@H](OC2C[C@@](C)(OC)[C@@H](OC(C)=O)[C@H](C)O2)[C@H](C)[C@H]1O[C@@H]1O[C@H](C)C[C@H](N(C)C)[C@H]1OC(C)=O. The molecule has 29 nitrogen and oxygen atoms in total. The lowest BCUT2D eigenvalue weighted by molar-refractivity contribution is -0.322. The Bertz CT molecular complexity index is 3230. The second-order valence-corrected chi connectivity index (χ2v) is 32.7. The Morgan fingerprint density at radius 1 is 0.560 bits per heavy atom. The summed E-state index contributed by atoms with van der Waals surface area (Å²) in [5.74, 6) is -12.4. The molecule has 0 aromatic rings. The fraction of sp³-hybridized carbons (Fsp3) is 0.833. The first-order valence-corrected chi connectivity index (χ1v) is 37.9. The highest BCUT2D eigenvalue weighted by molar-refractivity contribution is 6.00. The average Bonchev–Trinajstić information content (AvgIpc) is 1.73. The smallest absolute Gasteiger partial charge is 0.458 e. The number of likely N-dealkylation sites (N-methyl/N-ethyl adjacent to an activating group) is 2. The van der Waals surface area contributed by atoms with Crippen molar-refractivity contribution >= 4 is 53.5 Å². The predicted molar refractivity (Wildman–Crippen MR) is 386 cm³/mol. The molecule has 7 saturated heterocycles. The summed E-state index contributed by atoms with van der Waals surface area (Å²) in [6, 6.07) is -0.754. The molecule has 0 radical (unpaired) electrons. The van der Waals surface area contributed by atoms with Crippen LogP contribution in [0.3, 0.4) is 0 Å². The zero-order chi connectivity index (χ0) is 82.5. The van der Waals surface area contributed by atoms with E-state index in [4.69, 9.17) is 80.5 Å². The van der Waals surface area contributed by atoms with Crippen LogP contribution < -0.4 is 0 Å².